The van der Waals surface area contributed by atoms with Gasteiger partial charge in [-0.2, -0.15) is 0 Å². The van der Waals surface area contributed by atoms with Crippen LogP contribution in [0.3, 0.4) is 0 Å². The molecule has 0 radical (unpaired) electrons. The van der Waals surface area contributed by atoms with Crippen LogP contribution >= 0.6 is 0 Å². The van der Waals surface area contributed by atoms with E-state index in [-0.39, 0.29) is 11.4 Å². The summed E-state index contributed by atoms with van der Waals surface area (Å²) in [6.07, 6.45) is 6.65. The van der Waals surface area contributed by atoms with Crippen LogP contribution in [0.15, 0.2) is 0 Å². The molecular formula is C15H29N3O. The molecule has 0 aromatic rings. The molecule has 0 aromatic heterocycles. The van der Waals surface area contributed by atoms with Gasteiger partial charge in [-0.05, 0) is 52.5 Å². The number of hydrogen-bond acceptors (Lipinski definition) is 3. The molecule has 1 amide bonds. The lowest BCUT2D eigenvalue weighted by Crippen LogP contribution is -2.58. The highest BCUT2D eigenvalue weighted by molar-refractivity contribution is 5.75. The van der Waals surface area contributed by atoms with Crippen molar-refractivity contribution in [2.75, 3.05) is 6.54 Å². The van der Waals surface area contributed by atoms with Crippen LogP contribution in [0, 0.1) is 0 Å². The first-order valence-electron chi connectivity index (χ1n) is 7.74. The minimum absolute atomic E-state index is 0.0899. The molecule has 4 nitrogen and oxygen atoms in total. The summed E-state index contributed by atoms with van der Waals surface area (Å²) in [7, 11) is 0. The number of nitrogens with one attached hydrogen (secondary N) is 1. The van der Waals surface area contributed by atoms with Crippen LogP contribution in [0.1, 0.15) is 59.3 Å². The maximum Gasteiger partial charge on any atom is 0.219 e. The zero-order valence-corrected chi connectivity index (χ0v) is 12.6. The fraction of sp³-hybridized carbons (Fsp3) is 0.933. The van der Waals surface area contributed by atoms with E-state index in [2.05, 4.69) is 31.0 Å². The number of piperidine rings is 1. The summed E-state index contributed by atoms with van der Waals surface area (Å²) in [5, 5.41) is 3.67. The first-order chi connectivity index (χ1) is 8.94. The lowest BCUT2D eigenvalue weighted by atomic mass is 9.88. The number of hydrogen-bond donors (Lipinski definition) is 2. The first-order valence-corrected chi connectivity index (χ1v) is 7.74. The summed E-state index contributed by atoms with van der Waals surface area (Å²) in [5.74, 6) is -0.185. The van der Waals surface area contributed by atoms with Crippen LogP contribution in [-0.4, -0.2) is 41.0 Å². The predicted octanol–water partition coefficient (Wildman–Crippen LogP) is 1.64. The molecule has 0 aliphatic carbocycles. The van der Waals surface area contributed by atoms with Crippen LogP contribution < -0.4 is 11.1 Å². The zero-order chi connectivity index (χ0) is 14.0. The van der Waals surface area contributed by atoms with Gasteiger partial charge in [0.2, 0.25) is 5.91 Å². The van der Waals surface area contributed by atoms with Crippen molar-refractivity contribution in [2.45, 2.75) is 83.0 Å². The van der Waals surface area contributed by atoms with Crippen molar-refractivity contribution < 1.29 is 4.79 Å². The highest BCUT2D eigenvalue weighted by Gasteiger charge is 2.47. The Morgan fingerprint density at radius 1 is 1.32 bits per heavy atom. The van der Waals surface area contributed by atoms with E-state index in [1.54, 1.807) is 0 Å². The Bertz CT molecular complexity index is 315. The number of nitrogens with two attached hydrogens (primary N) is 1. The molecule has 2 unspecified atom stereocenters. The summed E-state index contributed by atoms with van der Waals surface area (Å²) in [5.41, 5.74) is 5.32. The standard InChI is InChI=1S/C15H29N3O/c1-4-7-17-11-8-12-5-6-13(9-11)18(12)15(2,3)10-14(16)19/h11-13,17H,4-10H2,1-3H3,(H2,16,19). The molecule has 2 heterocycles. The average molecular weight is 267 g/mol. The van der Waals surface area contributed by atoms with Gasteiger partial charge >= 0.3 is 0 Å². The molecule has 0 saturated carbocycles. The molecule has 2 saturated heterocycles. The predicted molar refractivity (Wildman–Crippen MR) is 77.9 cm³/mol. The van der Waals surface area contributed by atoms with Crippen LogP contribution in [0.25, 0.3) is 0 Å². The molecule has 110 valence electrons. The molecule has 2 fully saturated rings. The lowest BCUT2D eigenvalue weighted by molar-refractivity contribution is -0.121. The molecule has 19 heavy (non-hydrogen) atoms. The maximum absolute atomic E-state index is 11.3. The second-order valence-electron chi connectivity index (χ2n) is 6.87. The first kappa shape index (κ1) is 14.8. The van der Waals surface area contributed by atoms with Crippen molar-refractivity contribution in [1.82, 2.24) is 10.2 Å². The summed E-state index contributed by atoms with van der Waals surface area (Å²) >= 11 is 0. The van der Waals surface area contributed by atoms with Gasteiger partial charge in [0, 0.05) is 30.1 Å². The Morgan fingerprint density at radius 2 is 1.89 bits per heavy atom. The number of carbonyl (C=O) groups excluding carboxylic acids is 1. The SMILES string of the molecule is CCCNC1CC2CCC(C1)N2C(C)(C)CC(N)=O. The van der Waals surface area contributed by atoms with Crippen molar-refractivity contribution in [3.05, 3.63) is 0 Å². The second-order valence-corrected chi connectivity index (χ2v) is 6.87. The quantitative estimate of drug-likeness (QED) is 0.769. The summed E-state index contributed by atoms with van der Waals surface area (Å²) < 4.78 is 0. The smallest absolute Gasteiger partial charge is 0.219 e. The van der Waals surface area contributed by atoms with Gasteiger partial charge in [0.15, 0.2) is 0 Å². The molecule has 4 heteroatoms. The van der Waals surface area contributed by atoms with E-state index in [1.165, 1.54) is 32.1 Å². The Kier molecular flexibility index (Phi) is 4.51. The molecule has 2 atom stereocenters. The van der Waals surface area contributed by atoms with Crippen molar-refractivity contribution in [3.8, 4) is 0 Å². The maximum atomic E-state index is 11.3. The van der Waals surface area contributed by atoms with E-state index >= 15 is 0 Å². The third-order valence-corrected chi connectivity index (χ3v) is 4.72. The van der Waals surface area contributed by atoms with Crippen LogP contribution in [-0.2, 0) is 4.79 Å². The summed E-state index contributed by atoms with van der Waals surface area (Å²) in [4.78, 5) is 13.9. The van der Waals surface area contributed by atoms with E-state index in [1.807, 2.05) is 0 Å². The zero-order valence-electron chi connectivity index (χ0n) is 12.6. The van der Waals surface area contributed by atoms with E-state index < -0.39 is 0 Å². The van der Waals surface area contributed by atoms with Crippen LogP contribution in [0.4, 0.5) is 0 Å². The topological polar surface area (TPSA) is 58.4 Å². The number of nitrogens with zero attached hydrogens (tertiary/aromatic N) is 1. The van der Waals surface area contributed by atoms with Crippen LogP contribution in [0.2, 0.25) is 0 Å². The Hall–Kier alpha value is -0.610. The van der Waals surface area contributed by atoms with E-state index in [0.29, 0.717) is 24.5 Å². The molecule has 2 bridgehead atoms. The minimum Gasteiger partial charge on any atom is -0.370 e. The highest BCUT2D eigenvalue weighted by Crippen LogP contribution is 2.41. The van der Waals surface area contributed by atoms with Gasteiger partial charge in [-0.3, -0.25) is 9.69 Å². The summed E-state index contributed by atoms with van der Waals surface area (Å²) in [6, 6.07) is 1.92. The highest BCUT2D eigenvalue weighted by atomic mass is 16.1. The van der Waals surface area contributed by atoms with Gasteiger partial charge in [0.1, 0.15) is 0 Å². The van der Waals surface area contributed by atoms with E-state index in [4.69, 9.17) is 5.73 Å². The molecule has 2 rings (SSSR count). The van der Waals surface area contributed by atoms with Crippen molar-refractivity contribution in [2.24, 2.45) is 5.73 Å². The average Bonchev–Trinajstić information content (AvgIpc) is 2.58. The number of primary amides is 1. The number of amides is 1. The fourth-order valence-corrected chi connectivity index (χ4v) is 4.20. The Balaban J connectivity index is 2.00. The molecule has 2 aliphatic rings. The minimum atomic E-state index is -0.185. The Morgan fingerprint density at radius 3 is 2.37 bits per heavy atom. The molecule has 3 N–H and O–H groups in total. The van der Waals surface area contributed by atoms with Gasteiger partial charge < -0.3 is 11.1 Å². The van der Waals surface area contributed by atoms with Gasteiger partial charge in [-0.25, -0.2) is 0 Å². The normalized spacial score (nSPS) is 31.6. The third-order valence-electron chi connectivity index (χ3n) is 4.72. The third kappa shape index (κ3) is 3.29. The number of fused-ring (bicyclic) bond motifs is 2. The van der Waals surface area contributed by atoms with Crippen LogP contribution in [0.5, 0.6) is 0 Å². The van der Waals surface area contributed by atoms with Gasteiger partial charge in [0.05, 0.1) is 0 Å². The molecule has 2 aliphatic heterocycles. The number of carbonyl (C=O) groups is 1. The monoisotopic (exact) mass is 267 g/mol. The Labute approximate surface area is 117 Å². The molecule has 0 spiro atoms. The molecular weight excluding hydrogens is 238 g/mol. The van der Waals surface area contributed by atoms with Crippen molar-refractivity contribution in [3.63, 3.8) is 0 Å². The number of rotatable bonds is 6. The summed E-state index contributed by atoms with van der Waals surface area (Å²) in [6.45, 7) is 7.67. The van der Waals surface area contributed by atoms with E-state index in [0.717, 1.165) is 6.54 Å². The fourth-order valence-electron chi connectivity index (χ4n) is 4.20. The van der Waals surface area contributed by atoms with Gasteiger partial charge in [0.25, 0.3) is 0 Å². The lowest BCUT2D eigenvalue weighted by Gasteiger charge is -2.48. The van der Waals surface area contributed by atoms with Crippen molar-refractivity contribution in [1.29, 1.82) is 0 Å². The van der Waals surface area contributed by atoms with Gasteiger partial charge in [-0.15, -0.1) is 0 Å². The molecule has 0 aromatic carbocycles. The largest absolute Gasteiger partial charge is 0.370 e. The second kappa shape index (κ2) is 5.80. The van der Waals surface area contributed by atoms with Gasteiger partial charge in [-0.1, -0.05) is 6.92 Å². The van der Waals surface area contributed by atoms with Crippen molar-refractivity contribution >= 4 is 5.91 Å². The van der Waals surface area contributed by atoms with E-state index in [9.17, 15) is 4.79 Å².